The summed E-state index contributed by atoms with van der Waals surface area (Å²) in [5.41, 5.74) is 0. The van der Waals surface area contributed by atoms with Gasteiger partial charge in [0.05, 0.1) is 12.0 Å². The van der Waals surface area contributed by atoms with Crippen molar-refractivity contribution in [3.05, 3.63) is 30.3 Å². The van der Waals surface area contributed by atoms with Crippen molar-refractivity contribution in [2.45, 2.75) is 17.7 Å². The van der Waals surface area contributed by atoms with E-state index >= 15 is 0 Å². The van der Waals surface area contributed by atoms with E-state index in [0.29, 0.717) is 0 Å². The van der Waals surface area contributed by atoms with Gasteiger partial charge in [-0.1, -0.05) is 18.2 Å². The van der Waals surface area contributed by atoms with Gasteiger partial charge in [-0.25, -0.2) is 0 Å². The second kappa shape index (κ2) is 6.68. The topological polar surface area (TPSA) is 27.0 Å². The molecule has 90 valence electrons. The van der Waals surface area contributed by atoms with Gasteiger partial charge < -0.3 is 4.90 Å². The molecule has 1 fully saturated rings. The fourth-order valence-corrected chi connectivity index (χ4v) is 3.11. The fourth-order valence-electron chi connectivity index (χ4n) is 2.17. The molecule has 1 saturated heterocycles. The average Bonchev–Trinajstić information content (AvgIpc) is 2.40. The standard InChI is InChI=1S/C14H18N2S/c15-11-13-5-4-8-16(12-13)9-10-17-14-6-2-1-3-7-14/h1-3,6-7,13H,4-5,8-10,12H2. The third-order valence-corrected chi connectivity index (χ3v) is 4.10. The Morgan fingerprint density at radius 2 is 2.18 bits per heavy atom. The van der Waals surface area contributed by atoms with Crippen LogP contribution in [-0.4, -0.2) is 30.3 Å². The highest BCUT2D eigenvalue weighted by Gasteiger charge is 2.18. The maximum atomic E-state index is 8.93. The first-order valence-corrected chi connectivity index (χ1v) is 7.17. The summed E-state index contributed by atoms with van der Waals surface area (Å²) in [5.74, 6) is 1.37. The molecule has 2 nitrogen and oxygen atoms in total. The maximum absolute atomic E-state index is 8.93. The molecular weight excluding hydrogens is 228 g/mol. The van der Waals surface area contributed by atoms with Gasteiger partial charge in [0, 0.05) is 23.7 Å². The van der Waals surface area contributed by atoms with Crippen molar-refractivity contribution in [1.29, 1.82) is 5.26 Å². The number of rotatable bonds is 4. The monoisotopic (exact) mass is 246 g/mol. The van der Waals surface area contributed by atoms with Crippen LogP contribution in [0.4, 0.5) is 0 Å². The van der Waals surface area contributed by atoms with Gasteiger partial charge in [-0.3, -0.25) is 0 Å². The van der Waals surface area contributed by atoms with E-state index in [-0.39, 0.29) is 5.92 Å². The molecule has 1 aliphatic rings. The zero-order valence-electron chi connectivity index (χ0n) is 10.0. The first-order valence-electron chi connectivity index (χ1n) is 6.18. The summed E-state index contributed by atoms with van der Waals surface area (Å²) in [6, 6.07) is 12.9. The largest absolute Gasteiger partial charge is 0.301 e. The predicted octanol–water partition coefficient (Wildman–Crippen LogP) is 3.01. The van der Waals surface area contributed by atoms with E-state index in [1.807, 2.05) is 17.8 Å². The fraction of sp³-hybridized carbons (Fsp3) is 0.500. The molecule has 0 N–H and O–H groups in total. The summed E-state index contributed by atoms with van der Waals surface area (Å²) < 4.78 is 0. The highest BCUT2D eigenvalue weighted by atomic mass is 32.2. The lowest BCUT2D eigenvalue weighted by molar-refractivity contribution is 0.211. The van der Waals surface area contributed by atoms with Crippen molar-refractivity contribution in [2.75, 3.05) is 25.4 Å². The smallest absolute Gasteiger partial charge is 0.0669 e. The lowest BCUT2D eigenvalue weighted by atomic mass is 10.00. The molecule has 2 rings (SSSR count). The van der Waals surface area contributed by atoms with Crippen molar-refractivity contribution < 1.29 is 0 Å². The van der Waals surface area contributed by atoms with Crippen LogP contribution in [0.1, 0.15) is 12.8 Å². The molecule has 1 aromatic carbocycles. The van der Waals surface area contributed by atoms with Crippen LogP contribution in [0.25, 0.3) is 0 Å². The van der Waals surface area contributed by atoms with Crippen LogP contribution in [0.2, 0.25) is 0 Å². The molecule has 1 aromatic rings. The Morgan fingerprint density at radius 3 is 2.94 bits per heavy atom. The van der Waals surface area contributed by atoms with E-state index in [4.69, 9.17) is 5.26 Å². The minimum Gasteiger partial charge on any atom is -0.301 e. The zero-order valence-corrected chi connectivity index (χ0v) is 10.8. The number of hydrogen-bond donors (Lipinski definition) is 0. The molecule has 0 spiro atoms. The first-order chi connectivity index (χ1) is 8.38. The molecular formula is C14H18N2S. The number of benzene rings is 1. The van der Waals surface area contributed by atoms with Crippen LogP contribution in [0, 0.1) is 17.2 Å². The van der Waals surface area contributed by atoms with Crippen molar-refractivity contribution in [1.82, 2.24) is 4.90 Å². The van der Waals surface area contributed by atoms with Crippen LogP contribution in [0.3, 0.4) is 0 Å². The highest BCUT2D eigenvalue weighted by molar-refractivity contribution is 7.99. The number of piperidine rings is 1. The van der Waals surface area contributed by atoms with Crippen LogP contribution < -0.4 is 0 Å². The van der Waals surface area contributed by atoms with E-state index in [0.717, 1.165) is 31.8 Å². The minimum absolute atomic E-state index is 0.255. The molecule has 17 heavy (non-hydrogen) atoms. The number of nitriles is 1. The zero-order chi connectivity index (χ0) is 11.9. The van der Waals surface area contributed by atoms with Crippen molar-refractivity contribution in [3.63, 3.8) is 0 Å². The second-order valence-corrected chi connectivity index (χ2v) is 5.60. The summed E-state index contributed by atoms with van der Waals surface area (Å²) in [7, 11) is 0. The molecule has 1 aliphatic heterocycles. The Labute approximate surface area is 108 Å². The van der Waals surface area contributed by atoms with Crippen LogP contribution in [0.5, 0.6) is 0 Å². The van der Waals surface area contributed by atoms with Crippen LogP contribution >= 0.6 is 11.8 Å². The van der Waals surface area contributed by atoms with Gasteiger partial charge in [0.25, 0.3) is 0 Å². The number of hydrogen-bond acceptors (Lipinski definition) is 3. The molecule has 1 atom stereocenters. The van der Waals surface area contributed by atoms with Crippen molar-refractivity contribution in [3.8, 4) is 6.07 Å². The summed E-state index contributed by atoms with van der Waals surface area (Å²) >= 11 is 1.90. The second-order valence-electron chi connectivity index (χ2n) is 4.43. The van der Waals surface area contributed by atoms with Gasteiger partial charge >= 0.3 is 0 Å². The van der Waals surface area contributed by atoms with Gasteiger partial charge in [-0.05, 0) is 31.5 Å². The number of thioether (sulfide) groups is 1. The molecule has 0 amide bonds. The molecule has 0 bridgehead atoms. The Hall–Kier alpha value is -0.980. The molecule has 0 radical (unpaired) electrons. The lowest BCUT2D eigenvalue weighted by Gasteiger charge is -2.29. The Bertz CT molecular complexity index is 372. The summed E-state index contributed by atoms with van der Waals surface area (Å²) in [5, 5.41) is 8.93. The molecule has 0 aliphatic carbocycles. The van der Waals surface area contributed by atoms with E-state index in [1.165, 1.54) is 11.3 Å². The molecule has 1 heterocycles. The Balaban J connectivity index is 1.70. The minimum atomic E-state index is 0.255. The molecule has 0 saturated carbocycles. The van der Waals surface area contributed by atoms with Gasteiger partial charge in [0.15, 0.2) is 0 Å². The normalized spacial score (nSPS) is 21.0. The van der Waals surface area contributed by atoms with Crippen molar-refractivity contribution in [2.24, 2.45) is 5.92 Å². The van der Waals surface area contributed by atoms with Gasteiger partial charge in [-0.2, -0.15) is 5.26 Å². The van der Waals surface area contributed by atoms with Crippen LogP contribution in [-0.2, 0) is 0 Å². The predicted molar refractivity (Wildman–Crippen MR) is 71.9 cm³/mol. The first kappa shape index (κ1) is 12.5. The summed E-state index contributed by atoms with van der Waals surface area (Å²) in [6.45, 7) is 3.22. The number of likely N-dealkylation sites (tertiary alicyclic amines) is 1. The van der Waals surface area contributed by atoms with E-state index in [1.54, 1.807) is 0 Å². The summed E-state index contributed by atoms with van der Waals surface area (Å²) in [6.07, 6.45) is 2.26. The summed E-state index contributed by atoms with van der Waals surface area (Å²) in [4.78, 5) is 3.76. The number of nitrogens with zero attached hydrogens (tertiary/aromatic N) is 2. The molecule has 1 unspecified atom stereocenters. The van der Waals surface area contributed by atoms with E-state index < -0.39 is 0 Å². The van der Waals surface area contributed by atoms with Crippen LogP contribution in [0.15, 0.2) is 35.2 Å². The molecule has 3 heteroatoms. The SMILES string of the molecule is N#CC1CCCN(CCSc2ccccc2)C1. The van der Waals surface area contributed by atoms with Crippen molar-refractivity contribution >= 4 is 11.8 Å². The quantitative estimate of drug-likeness (QED) is 0.764. The van der Waals surface area contributed by atoms with E-state index in [9.17, 15) is 0 Å². The Kier molecular flexibility index (Phi) is 4.90. The maximum Gasteiger partial charge on any atom is 0.0669 e. The lowest BCUT2D eigenvalue weighted by Crippen LogP contribution is -2.36. The Morgan fingerprint density at radius 1 is 1.35 bits per heavy atom. The highest BCUT2D eigenvalue weighted by Crippen LogP contribution is 2.19. The third kappa shape index (κ3) is 4.07. The average molecular weight is 246 g/mol. The third-order valence-electron chi connectivity index (χ3n) is 3.11. The van der Waals surface area contributed by atoms with Gasteiger partial charge in [0.2, 0.25) is 0 Å². The van der Waals surface area contributed by atoms with Gasteiger partial charge in [-0.15, -0.1) is 11.8 Å². The van der Waals surface area contributed by atoms with E-state index in [2.05, 4.69) is 35.2 Å². The van der Waals surface area contributed by atoms with Gasteiger partial charge in [0.1, 0.15) is 0 Å². The molecule has 0 aromatic heterocycles.